The molecule has 12 heteroatoms. The lowest BCUT2D eigenvalue weighted by Crippen LogP contribution is -2.31. The summed E-state index contributed by atoms with van der Waals surface area (Å²) in [6.45, 7) is 0. The highest BCUT2D eigenvalue weighted by molar-refractivity contribution is 7.90. The molecule has 1 heterocycles. The van der Waals surface area contributed by atoms with Crippen LogP contribution < -0.4 is 10.0 Å². The second kappa shape index (κ2) is 12.2. The second-order valence-electron chi connectivity index (χ2n) is 10.1. The first kappa shape index (κ1) is 30.7. The number of nitrogens with zero attached hydrogens (tertiary/aromatic N) is 1. The molecule has 2 amide bonds. The first-order valence-electron chi connectivity index (χ1n) is 13.7. The monoisotopic (exact) mass is 657 g/mol. The summed E-state index contributed by atoms with van der Waals surface area (Å²) in [7, 11) is -4.38. The molecule has 0 spiro atoms. The molecule has 2 N–H and O–H groups in total. The fourth-order valence-corrected chi connectivity index (χ4v) is 6.75. The Labute approximate surface area is 265 Å². The number of anilines is 1. The fraction of sp³-hybridized carbons (Fsp3) is 0.0294. The van der Waals surface area contributed by atoms with Crippen molar-refractivity contribution in [1.82, 2.24) is 9.71 Å². The molecule has 6 aromatic rings. The Bertz CT molecular complexity index is 2190. The summed E-state index contributed by atoms with van der Waals surface area (Å²) in [6, 6.07) is 29.0. The maximum Gasteiger partial charge on any atom is 0.416 e. The number of para-hydroxylation sites is 1. The molecule has 6 rings (SSSR count). The minimum Gasteiger partial charge on any atom is -0.321 e. The number of sulfonamides is 1. The third-order valence-corrected chi connectivity index (χ3v) is 9.37. The van der Waals surface area contributed by atoms with E-state index in [0.29, 0.717) is 27.2 Å². The number of fused-ring (bicyclic) bond motifs is 1. The highest BCUT2D eigenvalue weighted by atomic mass is 32.2. The Kier molecular flexibility index (Phi) is 8.15. The maximum atomic E-state index is 13.3. The molecule has 0 fully saturated rings. The zero-order valence-corrected chi connectivity index (χ0v) is 25.2. The molecule has 0 bridgehead atoms. The van der Waals surface area contributed by atoms with Crippen molar-refractivity contribution >= 4 is 49.6 Å². The van der Waals surface area contributed by atoms with Gasteiger partial charge in [-0.25, -0.2) is 18.1 Å². The average molecular weight is 658 g/mol. The Hall–Kier alpha value is -5.33. The highest BCUT2D eigenvalue weighted by Crippen LogP contribution is 2.33. The summed E-state index contributed by atoms with van der Waals surface area (Å²) in [5.41, 5.74) is 1.39. The van der Waals surface area contributed by atoms with Crippen molar-refractivity contribution in [2.75, 3.05) is 5.32 Å². The SMILES string of the molecule is O=C(Nc1ccccc1S(=O)(=O)NC(=O)c1cccc2ccccc12)c1ccc(-c2nc(-c3ccc(C(F)(F)F)cc3)cs2)cc1. The predicted octanol–water partition coefficient (Wildman–Crippen LogP) is 8.02. The number of hydrogen-bond acceptors (Lipinski definition) is 6. The summed E-state index contributed by atoms with van der Waals surface area (Å²) >= 11 is 1.30. The number of thiazole rings is 1. The van der Waals surface area contributed by atoms with Crippen molar-refractivity contribution in [3.8, 4) is 21.8 Å². The van der Waals surface area contributed by atoms with Gasteiger partial charge in [-0.05, 0) is 53.2 Å². The summed E-state index contributed by atoms with van der Waals surface area (Å²) in [4.78, 5) is 30.4. The van der Waals surface area contributed by atoms with Gasteiger partial charge in [0.25, 0.3) is 21.8 Å². The van der Waals surface area contributed by atoms with E-state index >= 15 is 0 Å². The number of aromatic nitrogens is 1. The lowest BCUT2D eigenvalue weighted by atomic mass is 10.0. The molecular weight excluding hydrogens is 636 g/mol. The van der Waals surface area contributed by atoms with Crippen molar-refractivity contribution in [1.29, 1.82) is 0 Å². The lowest BCUT2D eigenvalue weighted by Gasteiger charge is -2.13. The molecule has 0 unspecified atom stereocenters. The van der Waals surface area contributed by atoms with Crippen molar-refractivity contribution in [3.05, 3.63) is 137 Å². The van der Waals surface area contributed by atoms with Crippen LogP contribution in [-0.4, -0.2) is 25.2 Å². The van der Waals surface area contributed by atoms with Crippen LogP contribution >= 0.6 is 11.3 Å². The van der Waals surface area contributed by atoms with Gasteiger partial charge >= 0.3 is 6.18 Å². The smallest absolute Gasteiger partial charge is 0.321 e. The van der Waals surface area contributed by atoms with Crippen LogP contribution in [0.2, 0.25) is 0 Å². The van der Waals surface area contributed by atoms with Gasteiger partial charge < -0.3 is 5.32 Å². The number of alkyl halides is 3. The zero-order valence-electron chi connectivity index (χ0n) is 23.6. The summed E-state index contributed by atoms with van der Waals surface area (Å²) in [5, 5.41) is 6.31. The van der Waals surface area contributed by atoms with Gasteiger partial charge in [0.2, 0.25) is 0 Å². The quantitative estimate of drug-likeness (QED) is 0.181. The Morgan fingerprint density at radius 3 is 2.11 bits per heavy atom. The van der Waals surface area contributed by atoms with Gasteiger partial charge in [-0.1, -0.05) is 72.8 Å². The molecule has 46 heavy (non-hydrogen) atoms. The van der Waals surface area contributed by atoms with Crippen LogP contribution in [0.1, 0.15) is 26.3 Å². The molecule has 7 nitrogen and oxygen atoms in total. The number of halogens is 3. The number of benzene rings is 5. The number of carbonyl (C=O) groups excluding carboxylic acids is 2. The predicted molar refractivity (Wildman–Crippen MR) is 171 cm³/mol. The minimum atomic E-state index is -4.43. The van der Waals surface area contributed by atoms with E-state index in [1.54, 1.807) is 53.9 Å². The third-order valence-electron chi connectivity index (χ3n) is 7.09. The number of hydrogen-bond donors (Lipinski definition) is 2. The van der Waals surface area contributed by atoms with Crippen LogP contribution in [0.5, 0.6) is 0 Å². The second-order valence-corrected chi connectivity index (χ2v) is 12.6. The van der Waals surface area contributed by atoms with E-state index < -0.39 is 33.6 Å². The zero-order chi connectivity index (χ0) is 32.5. The molecular formula is C34H22F3N3O4S2. The van der Waals surface area contributed by atoms with E-state index in [1.807, 2.05) is 18.2 Å². The van der Waals surface area contributed by atoms with Gasteiger partial charge in [-0.3, -0.25) is 9.59 Å². The van der Waals surface area contributed by atoms with Gasteiger partial charge in [0, 0.05) is 27.6 Å². The molecule has 5 aromatic carbocycles. The number of nitrogens with one attached hydrogen (secondary N) is 2. The van der Waals surface area contributed by atoms with Crippen LogP contribution in [0.4, 0.5) is 18.9 Å². The van der Waals surface area contributed by atoms with Crippen molar-refractivity contribution in [2.24, 2.45) is 0 Å². The Morgan fingerprint density at radius 1 is 0.717 bits per heavy atom. The molecule has 0 aliphatic carbocycles. The first-order valence-corrected chi connectivity index (χ1v) is 16.0. The first-order chi connectivity index (χ1) is 22.0. The summed E-state index contributed by atoms with van der Waals surface area (Å²) in [6.07, 6.45) is -4.43. The van der Waals surface area contributed by atoms with Gasteiger partial charge in [0.05, 0.1) is 16.9 Å². The van der Waals surface area contributed by atoms with Crippen LogP contribution in [-0.2, 0) is 16.2 Å². The van der Waals surface area contributed by atoms with Crippen molar-refractivity contribution in [2.45, 2.75) is 11.1 Å². The van der Waals surface area contributed by atoms with Crippen LogP contribution in [0.3, 0.4) is 0 Å². The average Bonchev–Trinajstić information content (AvgIpc) is 3.55. The Morgan fingerprint density at radius 2 is 1.37 bits per heavy atom. The van der Waals surface area contributed by atoms with Gasteiger partial charge in [0.1, 0.15) is 9.90 Å². The molecule has 0 aliphatic rings. The van der Waals surface area contributed by atoms with Gasteiger partial charge in [-0.15, -0.1) is 11.3 Å². The van der Waals surface area contributed by atoms with E-state index in [9.17, 15) is 31.2 Å². The topological polar surface area (TPSA) is 105 Å². The third kappa shape index (κ3) is 6.39. The number of amides is 2. The largest absolute Gasteiger partial charge is 0.416 e. The van der Waals surface area contributed by atoms with Gasteiger partial charge in [-0.2, -0.15) is 13.2 Å². The molecule has 0 radical (unpaired) electrons. The molecule has 0 saturated heterocycles. The molecule has 1 aromatic heterocycles. The molecule has 230 valence electrons. The van der Waals surface area contributed by atoms with E-state index in [2.05, 4.69) is 15.0 Å². The van der Waals surface area contributed by atoms with Crippen LogP contribution in [0, 0.1) is 0 Å². The minimum absolute atomic E-state index is 0.0177. The van der Waals surface area contributed by atoms with E-state index in [1.165, 1.54) is 47.7 Å². The van der Waals surface area contributed by atoms with Crippen LogP contribution in [0.15, 0.2) is 126 Å². The summed E-state index contributed by atoms with van der Waals surface area (Å²) in [5.74, 6) is -1.39. The van der Waals surface area contributed by atoms with Crippen molar-refractivity contribution < 1.29 is 31.2 Å². The normalized spacial score (nSPS) is 11.7. The Balaban J connectivity index is 1.17. The summed E-state index contributed by atoms with van der Waals surface area (Å²) < 4.78 is 67.4. The molecule has 0 aliphatic heterocycles. The van der Waals surface area contributed by atoms with Crippen molar-refractivity contribution in [3.63, 3.8) is 0 Å². The van der Waals surface area contributed by atoms with E-state index in [-0.39, 0.29) is 21.7 Å². The number of carbonyl (C=O) groups is 2. The lowest BCUT2D eigenvalue weighted by molar-refractivity contribution is -0.137. The maximum absolute atomic E-state index is 13.3. The van der Waals surface area contributed by atoms with E-state index in [0.717, 1.165) is 17.5 Å². The standard InChI is InChI=1S/C34H22F3N3O4S2/c35-34(36,37)25-18-16-22(17-19-25)29-20-45-33(39-29)24-14-12-23(13-15-24)31(41)38-28-10-3-4-11-30(28)46(43,44)40-32(42)27-9-5-7-21-6-1-2-8-26(21)27/h1-20H,(H,38,41)(H,40,42). The fourth-order valence-electron chi connectivity index (χ4n) is 4.79. The molecule has 0 saturated carbocycles. The van der Waals surface area contributed by atoms with Gasteiger partial charge in [0.15, 0.2) is 0 Å². The molecule has 0 atom stereocenters. The highest BCUT2D eigenvalue weighted by Gasteiger charge is 2.30. The van der Waals surface area contributed by atoms with E-state index in [4.69, 9.17) is 0 Å². The van der Waals surface area contributed by atoms with Crippen LogP contribution in [0.25, 0.3) is 32.6 Å². The number of rotatable bonds is 7.